The molecule has 16 heavy (non-hydrogen) atoms. The summed E-state index contributed by atoms with van der Waals surface area (Å²) in [6, 6.07) is -0.0324. The van der Waals surface area contributed by atoms with E-state index >= 15 is 0 Å². The predicted octanol–water partition coefficient (Wildman–Crippen LogP) is 0.999. The molecule has 1 amide bonds. The van der Waals surface area contributed by atoms with Crippen LogP contribution >= 0.6 is 11.6 Å². The van der Waals surface area contributed by atoms with E-state index in [1.165, 1.54) is 0 Å². The second-order valence-corrected chi connectivity index (χ2v) is 4.76. The number of primary amides is 1. The summed E-state index contributed by atoms with van der Waals surface area (Å²) >= 11 is 5.90. The third-order valence-corrected chi connectivity index (χ3v) is 3.06. The summed E-state index contributed by atoms with van der Waals surface area (Å²) in [6.45, 7) is 5.40. The lowest BCUT2D eigenvalue weighted by Crippen LogP contribution is -2.50. The number of aromatic nitrogens is 2. The van der Waals surface area contributed by atoms with Crippen LogP contribution in [0.5, 0.6) is 0 Å². The van der Waals surface area contributed by atoms with Crippen molar-refractivity contribution in [3.63, 3.8) is 0 Å². The Bertz CT molecular complexity index is 400. The minimum Gasteiger partial charge on any atom is -0.368 e. The predicted molar refractivity (Wildman–Crippen MR) is 63.1 cm³/mol. The van der Waals surface area contributed by atoms with Gasteiger partial charge in [0.15, 0.2) is 0 Å². The fraction of sp³-hybridized carbons (Fsp3) is 0.600. The molecule has 2 unspecified atom stereocenters. The molecule has 0 spiro atoms. The molecular weight excluding hydrogens is 228 g/mol. The first kappa shape index (κ1) is 13.0. The van der Waals surface area contributed by atoms with Gasteiger partial charge in [-0.05, 0) is 27.2 Å². The van der Waals surface area contributed by atoms with Gasteiger partial charge in [-0.25, -0.2) is 0 Å². The lowest BCUT2D eigenvalue weighted by Gasteiger charge is -2.25. The second kappa shape index (κ2) is 4.43. The number of nitrogens with zero attached hydrogens (tertiary/aromatic N) is 2. The summed E-state index contributed by atoms with van der Waals surface area (Å²) in [5.41, 5.74) is 10.8. The van der Waals surface area contributed by atoms with Crippen molar-refractivity contribution in [2.24, 2.45) is 11.5 Å². The van der Waals surface area contributed by atoms with Gasteiger partial charge in [-0.15, -0.1) is 0 Å². The molecule has 90 valence electrons. The summed E-state index contributed by atoms with van der Waals surface area (Å²) < 4.78 is 1.75. The maximum atomic E-state index is 11.1. The normalized spacial score (nSPS) is 16.8. The van der Waals surface area contributed by atoms with E-state index in [1.807, 2.05) is 13.8 Å². The van der Waals surface area contributed by atoms with Gasteiger partial charge in [0.1, 0.15) is 0 Å². The number of halogens is 1. The van der Waals surface area contributed by atoms with Gasteiger partial charge in [0, 0.05) is 0 Å². The molecule has 0 aromatic carbocycles. The fourth-order valence-corrected chi connectivity index (χ4v) is 1.78. The van der Waals surface area contributed by atoms with Crippen molar-refractivity contribution < 1.29 is 4.79 Å². The smallest absolute Gasteiger partial charge is 0.237 e. The largest absolute Gasteiger partial charge is 0.368 e. The Balaban J connectivity index is 2.84. The van der Waals surface area contributed by atoms with E-state index in [9.17, 15) is 4.79 Å². The van der Waals surface area contributed by atoms with Gasteiger partial charge in [0.05, 0.1) is 28.5 Å². The van der Waals surface area contributed by atoms with Crippen LogP contribution in [0.4, 0.5) is 0 Å². The van der Waals surface area contributed by atoms with Crippen molar-refractivity contribution in [2.75, 3.05) is 0 Å². The summed E-state index contributed by atoms with van der Waals surface area (Å²) in [5.74, 6) is -0.518. The van der Waals surface area contributed by atoms with E-state index in [0.717, 1.165) is 5.69 Å². The second-order valence-electron chi connectivity index (χ2n) is 4.36. The lowest BCUT2D eigenvalue weighted by atomic mass is 9.94. The van der Waals surface area contributed by atoms with Crippen molar-refractivity contribution in [1.29, 1.82) is 0 Å². The van der Waals surface area contributed by atoms with Gasteiger partial charge < -0.3 is 11.5 Å². The highest BCUT2D eigenvalue weighted by molar-refractivity contribution is 6.31. The number of nitrogens with two attached hydrogens (primary N) is 2. The van der Waals surface area contributed by atoms with Crippen LogP contribution in [-0.4, -0.2) is 21.2 Å². The molecule has 0 aliphatic rings. The van der Waals surface area contributed by atoms with Gasteiger partial charge in [0.2, 0.25) is 5.91 Å². The summed E-state index contributed by atoms with van der Waals surface area (Å²) in [5, 5.41) is 4.74. The Morgan fingerprint density at radius 2 is 2.31 bits per heavy atom. The fourth-order valence-electron chi connectivity index (χ4n) is 1.65. The van der Waals surface area contributed by atoms with Gasteiger partial charge >= 0.3 is 0 Å². The number of hydrogen-bond acceptors (Lipinski definition) is 3. The van der Waals surface area contributed by atoms with Crippen LogP contribution in [-0.2, 0) is 4.79 Å². The summed E-state index contributed by atoms with van der Waals surface area (Å²) in [6.07, 6.45) is 1.99. The zero-order chi connectivity index (χ0) is 12.5. The van der Waals surface area contributed by atoms with Gasteiger partial charge in [-0.3, -0.25) is 9.48 Å². The zero-order valence-corrected chi connectivity index (χ0v) is 10.5. The Morgan fingerprint density at radius 3 is 2.69 bits per heavy atom. The minimum atomic E-state index is -1.04. The van der Waals surface area contributed by atoms with Crippen LogP contribution in [0, 0.1) is 6.92 Å². The average Bonchev–Trinajstić information content (AvgIpc) is 2.46. The number of amides is 1. The molecule has 2 atom stereocenters. The summed E-state index contributed by atoms with van der Waals surface area (Å²) in [4.78, 5) is 11.1. The molecule has 4 N–H and O–H groups in total. The Morgan fingerprint density at radius 1 is 1.75 bits per heavy atom. The number of rotatable bonds is 4. The van der Waals surface area contributed by atoms with Crippen molar-refractivity contribution in [1.82, 2.24) is 9.78 Å². The molecule has 5 nitrogen and oxygen atoms in total. The molecule has 0 aliphatic heterocycles. The first-order valence-corrected chi connectivity index (χ1v) is 5.42. The van der Waals surface area contributed by atoms with E-state index in [0.29, 0.717) is 11.4 Å². The molecule has 1 rings (SSSR count). The molecule has 0 bridgehead atoms. The van der Waals surface area contributed by atoms with Crippen LogP contribution in [0.3, 0.4) is 0 Å². The highest BCUT2D eigenvalue weighted by Gasteiger charge is 2.29. The first-order valence-electron chi connectivity index (χ1n) is 5.04. The minimum absolute atomic E-state index is 0.0324. The van der Waals surface area contributed by atoms with Crippen LogP contribution < -0.4 is 11.5 Å². The third-order valence-electron chi connectivity index (χ3n) is 2.68. The van der Waals surface area contributed by atoms with Crippen molar-refractivity contribution in [2.45, 2.75) is 38.8 Å². The monoisotopic (exact) mass is 244 g/mol. The van der Waals surface area contributed by atoms with E-state index in [-0.39, 0.29) is 6.04 Å². The van der Waals surface area contributed by atoms with Crippen molar-refractivity contribution >= 4 is 17.5 Å². The standard InChI is InChI=1S/C10H17ClN4O/c1-6(4-10(3,13)9(12)16)15-7(2)8(11)5-14-15/h5-6H,4,13H2,1-3H3,(H2,12,16). The van der Waals surface area contributed by atoms with Gasteiger partial charge in [-0.1, -0.05) is 11.6 Å². The first-order chi connectivity index (χ1) is 7.25. The summed E-state index contributed by atoms with van der Waals surface area (Å²) in [7, 11) is 0. The molecule has 0 fully saturated rings. The highest BCUT2D eigenvalue weighted by atomic mass is 35.5. The number of carbonyl (C=O) groups excluding carboxylic acids is 1. The van der Waals surface area contributed by atoms with Gasteiger partial charge in [0.25, 0.3) is 0 Å². The zero-order valence-electron chi connectivity index (χ0n) is 9.70. The van der Waals surface area contributed by atoms with Crippen LogP contribution in [0.15, 0.2) is 6.20 Å². The Hall–Kier alpha value is -1.07. The van der Waals surface area contributed by atoms with Crippen molar-refractivity contribution in [3.8, 4) is 0 Å². The molecular formula is C10H17ClN4O. The molecule has 0 radical (unpaired) electrons. The van der Waals surface area contributed by atoms with Gasteiger partial charge in [-0.2, -0.15) is 5.10 Å². The maximum absolute atomic E-state index is 11.1. The van der Waals surface area contributed by atoms with E-state index in [4.69, 9.17) is 23.1 Å². The lowest BCUT2D eigenvalue weighted by molar-refractivity contribution is -0.123. The maximum Gasteiger partial charge on any atom is 0.237 e. The molecule has 6 heteroatoms. The third kappa shape index (κ3) is 2.54. The Labute approximate surface area is 99.7 Å². The Kier molecular flexibility index (Phi) is 3.60. The van der Waals surface area contributed by atoms with Crippen LogP contribution in [0.1, 0.15) is 32.0 Å². The highest BCUT2D eigenvalue weighted by Crippen LogP contribution is 2.23. The van der Waals surface area contributed by atoms with E-state index < -0.39 is 11.4 Å². The topological polar surface area (TPSA) is 86.9 Å². The number of hydrogen-bond donors (Lipinski definition) is 2. The SMILES string of the molecule is Cc1c(Cl)cnn1C(C)CC(C)(N)C(N)=O. The van der Waals surface area contributed by atoms with E-state index in [1.54, 1.807) is 17.8 Å². The number of carbonyl (C=O) groups is 1. The molecule has 0 saturated heterocycles. The van der Waals surface area contributed by atoms with Crippen molar-refractivity contribution in [3.05, 3.63) is 16.9 Å². The van der Waals surface area contributed by atoms with Crippen LogP contribution in [0.2, 0.25) is 5.02 Å². The van der Waals surface area contributed by atoms with Crippen LogP contribution in [0.25, 0.3) is 0 Å². The molecule has 0 saturated carbocycles. The molecule has 1 aromatic rings. The molecule has 0 aliphatic carbocycles. The quantitative estimate of drug-likeness (QED) is 0.828. The molecule has 1 aromatic heterocycles. The van der Waals surface area contributed by atoms with E-state index in [2.05, 4.69) is 5.10 Å². The molecule has 1 heterocycles. The average molecular weight is 245 g/mol.